The summed E-state index contributed by atoms with van der Waals surface area (Å²) in [4.78, 5) is 26.3. The molecule has 1 aliphatic heterocycles. The van der Waals surface area contributed by atoms with E-state index in [0.29, 0.717) is 38.3 Å². The van der Waals surface area contributed by atoms with Crippen molar-refractivity contribution in [2.45, 2.75) is 19.4 Å². The van der Waals surface area contributed by atoms with Crippen LogP contribution in [0.5, 0.6) is 5.75 Å². The van der Waals surface area contributed by atoms with Gasteiger partial charge in [0.15, 0.2) is 5.78 Å². The van der Waals surface area contributed by atoms with E-state index in [0.717, 1.165) is 16.7 Å². The number of hydrogen-bond acceptors (Lipinski definition) is 5. The molecule has 5 nitrogen and oxygen atoms in total. The molecule has 35 heavy (non-hydrogen) atoms. The molecule has 176 valence electrons. The third-order valence-corrected chi connectivity index (χ3v) is 6.87. The van der Waals surface area contributed by atoms with E-state index in [9.17, 15) is 14.0 Å². The van der Waals surface area contributed by atoms with Crippen LogP contribution < -0.4 is 10.1 Å². The number of allylic oxidation sites excluding steroid dienone is 2. The molecule has 3 aromatic rings. The van der Waals surface area contributed by atoms with Crippen molar-refractivity contribution < 1.29 is 23.5 Å². The van der Waals surface area contributed by atoms with Crippen LogP contribution in [-0.2, 0) is 16.1 Å². The van der Waals surface area contributed by atoms with Gasteiger partial charge in [0.25, 0.3) is 0 Å². The number of esters is 1. The lowest BCUT2D eigenvalue weighted by molar-refractivity contribution is -0.136. The molecule has 0 bridgehead atoms. The Bertz CT molecular complexity index is 1430. The van der Waals surface area contributed by atoms with Crippen LogP contribution in [0.4, 0.5) is 4.39 Å². The van der Waals surface area contributed by atoms with Crippen LogP contribution >= 0.6 is 15.9 Å². The van der Waals surface area contributed by atoms with E-state index in [-0.39, 0.29) is 18.2 Å². The highest BCUT2D eigenvalue weighted by atomic mass is 79.9. The average Bonchev–Trinajstić information content (AvgIpc) is 3.14. The van der Waals surface area contributed by atoms with Crippen molar-refractivity contribution in [2.75, 3.05) is 7.11 Å². The zero-order chi connectivity index (χ0) is 24.7. The number of fused-ring (bicyclic) bond motifs is 2. The van der Waals surface area contributed by atoms with Crippen molar-refractivity contribution in [1.82, 2.24) is 5.32 Å². The first-order valence-corrected chi connectivity index (χ1v) is 11.8. The van der Waals surface area contributed by atoms with Gasteiger partial charge in [0.1, 0.15) is 18.2 Å². The molecule has 1 atom stereocenters. The minimum absolute atomic E-state index is 0.116. The first-order chi connectivity index (χ1) is 16.9. The maximum absolute atomic E-state index is 13.5. The van der Waals surface area contributed by atoms with Crippen LogP contribution in [0.3, 0.4) is 0 Å². The quantitative estimate of drug-likeness (QED) is 0.413. The SMILES string of the molecule is COC(=O)C1=C(C)NC2=C(C(=O)c3ccccc32)[C@H]1c1ccc(OCc2ccc(F)cc2)c(Br)c1. The molecule has 0 fully saturated rings. The smallest absolute Gasteiger partial charge is 0.336 e. The average molecular weight is 534 g/mol. The second kappa shape index (κ2) is 9.15. The van der Waals surface area contributed by atoms with Crippen LogP contribution in [-0.4, -0.2) is 18.9 Å². The molecule has 3 aromatic carbocycles. The molecule has 0 spiro atoms. The van der Waals surface area contributed by atoms with E-state index in [2.05, 4.69) is 21.2 Å². The minimum Gasteiger partial charge on any atom is -0.488 e. The summed E-state index contributed by atoms with van der Waals surface area (Å²) in [5.41, 5.74) is 5.26. The number of rotatable bonds is 5. The van der Waals surface area contributed by atoms with Crippen LogP contribution in [0.25, 0.3) is 5.70 Å². The van der Waals surface area contributed by atoms with Gasteiger partial charge in [0.2, 0.25) is 0 Å². The molecule has 0 unspecified atom stereocenters. The molecule has 2 aliphatic rings. The van der Waals surface area contributed by atoms with Gasteiger partial charge in [-0.2, -0.15) is 0 Å². The number of carbonyl (C=O) groups excluding carboxylic acids is 2. The summed E-state index contributed by atoms with van der Waals surface area (Å²) in [5, 5.41) is 3.27. The molecule has 7 heteroatoms. The molecule has 0 amide bonds. The van der Waals surface area contributed by atoms with Crippen molar-refractivity contribution in [3.05, 3.63) is 116 Å². The summed E-state index contributed by atoms with van der Waals surface area (Å²) in [7, 11) is 1.33. The van der Waals surface area contributed by atoms with Crippen molar-refractivity contribution in [2.24, 2.45) is 0 Å². The molecular formula is C28H21BrFNO4. The Kier molecular flexibility index (Phi) is 6.03. The predicted octanol–water partition coefficient (Wildman–Crippen LogP) is 5.91. The molecule has 0 radical (unpaired) electrons. The Morgan fingerprint density at radius 2 is 1.77 bits per heavy atom. The second-order valence-corrected chi connectivity index (χ2v) is 9.21. The van der Waals surface area contributed by atoms with Crippen LogP contribution in [0.15, 0.2) is 88.0 Å². The number of Topliss-reactive ketones (excluding diaryl/α,β-unsaturated/α-hetero) is 1. The summed E-state index contributed by atoms with van der Waals surface area (Å²) >= 11 is 3.57. The fourth-order valence-corrected chi connectivity index (χ4v) is 5.11. The van der Waals surface area contributed by atoms with E-state index in [1.54, 1.807) is 24.3 Å². The Labute approximate surface area is 210 Å². The topological polar surface area (TPSA) is 64.6 Å². The summed E-state index contributed by atoms with van der Waals surface area (Å²) in [5.74, 6) is -0.940. The van der Waals surface area contributed by atoms with Crippen molar-refractivity contribution >= 4 is 33.4 Å². The summed E-state index contributed by atoms with van der Waals surface area (Å²) in [6.07, 6.45) is 0. The van der Waals surface area contributed by atoms with E-state index in [1.807, 2.05) is 37.3 Å². The van der Waals surface area contributed by atoms with Gasteiger partial charge >= 0.3 is 5.97 Å². The van der Waals surface area contributed by atoms with Gasteiger partial charge < -0.3 is 14.8 Å². The molecule has 1 aliphatic carbocycles. The molecule has 1 heterocycles. The normalized spacial score (nSPS) is 16.6. The number of nitrogens with one attached hydrogen (secondary N) is 1. The van der Waals surface area contributed by atoms with E-state index >= 15 is 0 Å². The largest absolute Gasteiger partial charge is 0.488 e. The van der Waals surface area contributed by atoms with Crippen LogP contribution in [0, 0.1) is 5.82 Å². The lowest BCUT2D eigenvalue weighted by Gasteiger charge is -2.29. The Morgan fingerprint density at radius 1 is 1.06 bits per heavy atom. The molecular weight excluding hydrogens is 513 g/mol. The third-order valence-electron chi connectivity index (χ3n) is 6.25. The number of benzene rings is 3. The zero-order valence-corrected chi connectivity index (χ0v) is 20.6. The highest BCUT2D eigenvalue weighted by Crippen LogP contribution is 2.47. The monoisotopic (exact) mass is 533 g/mol. The van der Waals surface area contributed by atoms with Crippen LogP contribution in [0.2, 0.25) is 0 Å². The maximum atomic E-state index is 13.5. The van der Waals surface area contributed by atoms with Crippen molar-refractivity contribution in [3.63, 3.8) is 0 Å². The van der Waals surface area contributed by atoms with Gasteiger partial charge in [-0.05, 0) is 58.2 Å². The summed E-state index contributed by atoms with van der Waals surface area (Å²) < 4.78 is 24.8. The molecule has 1 N–H and O–H groups in total. The number of carbonyl (C=O) groups is 2. The maximum Gasteiger partial charge on any atom is 0.336 e. The first kappa shape index (κ1) is 23.1. The van der Waals surface area contributed by atoms with Gasteiger partial charge in [-0.25, -0.2) is 9.18 Å². The van der Waals surface area contributed by atoms with E-state index in [1.165, 1.54) is 19.2 Å². The fourth-order valence-electron chi connectivity index (χ4n) is 4.60. The van der Waals surface area contributed by atoms with E-state index < -0.39 is 11.9 Å². The predicted molar refractivity (Wildman–Crippen MR) is 133 cm³/mol. The standard InChI is InChI=1S/C28H21BrFNO4/c1-15-23(28(33)34-2)24(25-26(31-15)19-5-3-4-6-20(19)27(25)32)17-9-12-22(21(29)13-17)35-14-16-7-10-18(30)11-8-16/h3-13,24,31H,14H2,1-2H3/t24-/m0/s1. The Morgan fingerprint density at radius 3 is 2.46 bits per heavy atom. The van der Waals surface area contributed by atoms with Gasteiger partial charge in [0.05, 0.1) is 22.9 Å². The van der Waals surface area contributed by atoms with Crippen molar-refractivity contribution in [3.8, 4) is 5.75 Å². The van der Waals surface area contributed by atoms with E-state index in [4.69, 9.17) is 9.47 Å². The number of methoxy groups -OCH3 is 1. The molecule has 0 saturated carbocycles. The highest BCUT2D eigenvalue weighted by molar-refractivity contribution is 9.10. The Balaban J connectivity index is 1.53. The number of halogens is 2. The highest BCUT2D eigenvalue weighted by Gasteiger charge is 2.42. The number of ether oxygens (including phenoxy) is 2. The fraction of sp³-hybridized carbons (Fsp3) is 0.143. The Hall–Kier alpha value is -3.71. The number of hydrogen-bond donors (Lipinski definition) is 1. The number of dihydropyridines is 1. The van der Waals surface area contributed by atoms with Gasteiger partial charge in [-0.3, -0.25) is 4.79 Å². The molecule has 5 rings (SSSR count). The third kappa shape index (κ3) is 4.06. The zero-order valence-electron chi connectivity index (χ0n) is 19.0. The lowest BCUT2D eigenvalue weighted by atomic mass is 9.80. The second-order valence-electron chi connectivity index (χ2n) is 8.36. The molecule has 0 saturated heterocycles. The van der Waals surface area contributed by atoms with Gasteiger partial charge in [-0.1, -0.05) is 42.5 Å². The number of ketones is 1. The van der Waals surface area contributed by atoms with Gasteiger partial charge in [0, 0.05) is 28.3 Å². The summed E-state index contributed by atoms with van der Waals surface area (Å²) in [6, 6.07) is 19.0. The lowest BCUT2D eigenvalue weighted by Crippen LogP contribution is -2.29. The summed E-state index contributed by atoms with van der Waals surface area (Å²) in [6.45, 7) is 2.07. The van der Waals surface area contributed by atoms with Crippen LogP contribution in [0.1, 0.15) is 39.9 Å². The minimum atomic E-state index is -0.610. The van der Waals surface area contributed by atoms with Gasteiger partial charge in [-0.15, -0.1) is 0 Å². The molecule has 0 aromatic heterocycles. The van der Waals surface area contributed by atoms with Crippen molar-refractivity contribution in [1.29, 1.82) is 0 Å². The first-order valence-electron chi connectivity index (χ1n) is 11.0.